The van der Waals surface area contributed by atoms with Crippen molar-refractivity contribution >= 4 is 11.8 Å². The van der Waals surface area contributed by atoms with Crippen molar-refractivity contribution in [1.82, 2.24) is 10.2 Å². The molecule has 0 aromatic heterocycles. The first-order valence-corrected chi connectivity index (χ1v) is 10.3. The number of nitrogens with one attached hydrogen (secondary N) is 1. The molecule has 0 saturated heterocycles. The standard InChI is InChI=1S/C24H32N2O4/c1-5-22(24(28)25-3)26(17-19-10-8-18(2)9-11-19)23(27)7-6-16-30-21-14-12-20(29-4)13-15-21/h8-15,22H,5-7,16-17H2,1-4H3,(H,25,28)/t22-/m0/s1. The minimum absolute atomic E-state index is 0.0515. The number of carbonyl (C=O) groups excluding carboxylic acids is 2. The molecule has 0 spiro atoms. The average molecular weight is 413 g/mol. The van der Waals surface area contributed by atoms with E-state index < -0.39 is 6.04 Å². The van der Waals surface area contributed by atoms with Crippen molar-refractivity contribution in [2.45, 2.75) is 45.7 Å². The molecule has 6 heteroatoms. The van der Waals surface area contributed by atoms with E-state index in [1.165, 1.54) is 0 Å². The Morgan fingerprint density at radius 1 is 1.03 bits per heavy atom. The topological polar surface area (TPSA) is 67.9 Å². The lowest BCUT2D eigenvalue weighted by atomic mass is 10.1. The van der Waals surface area contributed by atoms with Crippen LogP contribution in [0.15, 0.2) is 48.5 Å². The number of amides is 2. The molecular weight excluding hydrogens is 380 g/mol. The van der Waals surface area contributed by atoms with Crippen molar-refractivity contribution in [3.63, 3.8) is 0 Å². The van der Waals surface area contributed by atoms with Gasteiger partial charge in [0.2, 0.25) is 11.8 Å². The van der Waals surface area contributed by atoms with Gasteiger partial charge in [-0.05, 0) is 49.6 Å². The van der Waals surface area contributed by atoms with Gasteiger partial charge in [0.1, 0.15) is 17.5 Å². The molecule has 162 valence electrons. The van der Waals surface area contributed by atoms with Crippen molar-refractivity contribution in [3.05, 3.63) is 59.7 Å². The fraction of sp³-hybridized carbons (Fsp3) is 0.417. The number of hydrogen-bond donors (Lipinski definition) is 1. The summed E-state index contributed by atoms with van der Waals surface area (Å²) < 4.78 is 10.8. The highest BCUT2D eigenvalue weighted by Gasteiger charge is 2.27. The summed E-state index contributed by atoms with van der Waals surface area (Å²) in [6, 6.07) is 14.9. The van der Waals surface area contributed by atoms with E-state index in [-0.39, 0.29) is 11.8 Å². The minimum atomic E-state index is -0.494. The molecule has 6 nitrogen and oxygen atoms in total. The van der Waals surface area contributed by atoms with Gasteiger partial charge in [0.05, 0.1) is 13.7 Å². The molecule has 0 saturated carbocycles. The van der Waals surface area contributed by atoms with Crippen LogP contribution in [0.1, 0.15) is 37.3 Å². The number of methoxy groups -OCH3 is 1. The number of rotatable bonds is 11. The third kappa shape index (κ3) is 6.79. The summed E-state index contributed by atoms with van der Waals surface area (Å²) in [5.74, 6) is 1.30. The first kappa shape index (κ1) is 23.3. The van der Waals surface area contributed by atoms with Crippen LogP contribution in [0.2, 0.25) is 0 Å². The normalized spacial score (nSPS) is 11.5. The molecule has 2 rings (SSSR count). The van der Waals surface area contributed by atoms with Crippen LogP contribution in [0, 0.1) is 6.92 Å². The molecule has 2 aromatic rings. The van der Waals surface area contributed by atoms with Gasteiger partial charge >= 0.3 is 0 Å². The zero-order chi connectivity index (χ0) is 21.9. The number of carbonyl (C=O) groups is 2. The van der Waals surface area contributed by atoms with Crippen LogP contribution in [0.5, 0.6) is 11.5 Å². The van der Waals surface area contributed by atoms with Crippen LogP contribution in [0.25, 0.3) is 0 Å². The van der Waals surface area contributed by atoms with E-state index in [2.05, 4.69) is 5.32 Å². The Balaban J connectivity index is 1.98. The van der Waals surface area contributed by atoms with Gasteiger partial charge in [0.25, 0.3) is 0 Å². The van der Waals surface area contributed by atoms with Gasteiger partial charge in [-0.1, -0.05) is 36.8 Å². The van der Waals surface area contributed by atoms with Gasteiger partial charge in [-0.3, -0.25) is 9.59 Å². The fourth-order valence-electron chi connectivity index (χ4n) is 3.21. The van der Waals surface area contributed by atoms with Gasteiger partial charge in [-0.15, -0.1) is 0 Å². The molecule has 0 heterocycles. The second-order valence-electron chi connectivity index (χ2n) is 7.17. The maximum absolute atomic E-state index is 13.0. The Bertz CT molecular complexity index is 803. The van der Waals surface area contributed by atoms with Gasteiger partial charge < -0.3 is 19.7 Å². The lowest BCUT2D eigenvalue weighted by molar-refractivity contribution is -0.141. The molecule has 0 unspecified atom stereocenters. The molecule has 2 aromatic carbocycles. The predicted octanol–water partition coefficient (Wildman–Crippen LogP) is 3.72. The van der Waals surface area contributed by atoms with E-state index in [0.717, 1.165) is 22.6 Å². The van der Waals surface area contributed by atoms with Crippen LogP contribution in [0.3, 0.4) is 0 Å². The van der Waals surface area contributed by atoms with Crippen LogP contribution in [0.4, 0.5) is 0 Å². The summed E-state index contributed by atoms with van der Waals surface area (Å²) in [5.41, 5.74) is 2.16. The van der Waals surface area contributed by atoms with E-state index in [1.807, 2.05) is 62.4 Å². The lowest BCUT2D eigenvalue weighted by Gasteiger charge is -2.30. The summed E-state index contributed by atoms with van der Waals surface area (Å²) in [7, 11) is 3.22. The Kier molecular flexibility index (Phi) is 9.19. The summed E-state index contributed by atoms with van der Waals surface area (Å²) in [5, 5.41) is 2.68. The predicted molar refractivity (Wildman–Crippen MR) is 118 cm³/mol. The van der Waals surface area contributed by atoms with Crippen LogP contribution >= 0.6 is 0 Å². The molecule has 30 heavy (non-hydrogen) atoms. The smallest absolute Gasteiger partial charge is 0.242 e. The summed E-state index contributed by atoms with van der Waals surface area (Å²) in [4.78, 5) is 27.0. The number of aryl methyl sites for hydroxylation is 1. The molecule has 1 N–H and O–H groups in total. The Morgan fingerprint density at radius 3 is 2.23 bits per heavy atom. The molecule has 2 amide bonds. The molecular formula is C24H32N2O4. The molecule has 0 aliphatic carbocycles. The largest absolute Gasteiger partial charge is 0.497 e. The second-order valence-corrected chi connectivity index (χ2v) is 7.17. The average Bonchev–Trinajstić information content (AvgIpc) is 2.77. The number of benzene rings is 2. The molecule has 0 aliphatic heterocycles. The summed E-state index contributed by atoms with van der Waals surface area (Å²) in [6.07, 6.45) is 1.44. The van der Waals surface area contributed by atoms with Gasteiger partial charge in [-0.25, -0.2) is 0 Å². The third-order valence-electron chi connectivity index (χ3n) is 4.97. The molecule has 0 aliphatic rings. The number of nitrogens with zero attached hydrogens (tertiary/aromatic N) is 1. The van der Waals surface area contributed by atoms with E-state index >= 15 is 0 Å². The summed E-state index contributed by atoms with van der Waals surface area (Å²) >= 11 is 0. The monoisotopic (exact) mass is 412 g/mol. The zero-order valence-corrected chi connectivity index (χ0v) is 18.3. The highest BCUT2D eigenvalue weighted by molar-refractivity contribution is 5.87. The number of ether oxygens (including phenoxy) is 2. The summed E-state index contributed by atoms with van der Waals surface area (Å²) in [6.45, 7) is 4.77. The van der Waals surface area contributed by atoms with Crippen molar-refractivity contribution in [3.8, 4) is 11.5 Å². The Morgan fingerprint density at radius 2 is 1.67 bits per heavy atom. The van der Waals surface area contributed by atoms with Gasteiger partial charge in [-0.2, -0.15) is 0 Å². The third-order valence-corrected chi connectivity index (χ3v) is 4.97. The zero-order valence-electron chi connectivity index (χ0n) is 18.3. The van der Waals surface area contributed by atoms with E-state index in [9.17, 15) is 9.59 Å². The van der Waals surface area contributed by atoms with E-state index in [4.69, 9.17) is 9.47 Å². The Labute approximate surface area is 179 Å². The SMILES string of the molecule is CC[C@@H](C(=O)NC)N(Cc1ccc(C)cc1)C(=O)CCCOc1ccc(OC)cc1. The van der Waals surface area contributed by atoms with Crippen LogP contribution in [-0.2, 0) is 16.1 Å². The van der Waals surface area contributed by atoms with E-state index in [0.29, 0.717) is 32.4 Å². The Hall–Kier alpha value is -3.02. The maximum atomic E-state index is 13.0. The highest BCUT2D eigenvalue weighted by Crippen LogP contribution is 2.18. The van der Waals surface area contributed by atoms with Crippen molar-refractivity contribution in [2.24, 2.45) is 0 Å². The fourth-order valence-corrected chi connectivity index (χ4v) is 3.21. The minimum Gasteiger partial charge on any atom is -0.497 e. The molecule has 0 bridgehead atoms. The maximum Gasteiger partial charge on any atom is 0.242 e. The lowest BCUT2D eigenvalue weighted by Crippen LogP contribution is -2.48. The molecule has 1 atom stereocenters. The molecule has 0 radical (unpaired) electrons. The van der Waals surface area contributed by atoms with Crippen molar-refractivity contribution in [2.75, 3.05) is 20.8 Å². The van der Waals surface area contributed by atoms with Crippen LogP contribution in [-0.4, -0.2) is 43.5 Å². The van der Waals surface area contributed by atoms with Crippen molar-refractivity contribution < 1.29 is 19.1 Å². The first-order chi connectivity index (χ1) is 14.5. The van der Waals surface area contributed by atoms with Gasteiger partial charge in [0.15, 0.2) is 0 Å². The van der Waals surface area contributed by atoms with E-state index in [1.54, 1.807) is 19.1 Å². The quantitative estimate of drug-likeness (QED) is 0.571. The first-order valence-electron chi connectivity index (χ1n) is 10.3. The molecule has 0 fully saturated rings. The highest BCUT2D eigenvalue weighted by atomic mass is 16.5. The van der Waals surface area contributed by atoms with Gasteiger partial charge in [0, 0.05) is 20.0 Å². The van der Waals surface area contributed by atoms with Crippen molar-refractivity contribution in [1.29, 1.82) is 0 Å². The number of likely N-dealkylation sites (N-methyl/N-ethyl adjacent to an activating group) is 1. The number of hydrogen-bond acceptors (Lipinski definition) is 4. The second kappa shape index (κ2) is 11.9. The van der Waals surface area contributed by atoms with Crippen LogP contribution < -0.4 is 14.8 Å².